The largest absolute Gasteiger partial charge is 0.411 e. The summed E-state index contributed by atoms with van der Waals surface area (Å²) in [5.41, 5.74) is -1.06. The minimum Gasteiger partial charge on any atom is -0.360 e. The summed E-state index contributed by atoms with van der Waals surface area (Å²) in [6.45, 7) is 0. The van der Waals surface area contributed by atoms with Crippen LogP contribution in [0.15, 0.2) is 30.5 Å². The Bertz CT molecular complexity index is 641. The van der Waals surface area contributed by atoms with Crippen LogP contribution in [0.2, 0.25) is 0 Å². The second-order valence-corrected chi connectivity index (χ2v) is 4.78. The lowest BCUT2D eigenvalue weighted by Gasteiger charge is -2.20. The summed E-state index contributed by atoms with van der Waals surface area (Å²) in [6, 6.07) is 7.00. The first-order valence-electron chi connectivity index (χ1n) is 5.88. The Morgan fingerprint density at radius 3 is 2.58 bits per heavy atom. The maximum atomic E-state index is 12.8. The molecule has 3 rings (SSSR count). The van der Waals surface area contributed by atoms with Crippen molar-refractivity contribution in [3.8, 4) is 0 Å². The van der Waals surface area contributed by atoms with Crippen LogP contribution in [0.3, 0.4) is 0 Å². The molecule has 0 bridgehead atoms. The van der Waals surface area contributed by atoms with Crippen molar-refractivity contribution in [3.63, 3.8) is 0 Å². The number of para-hydroxylation sites is 1. The summed E-state index contributed by atoms with van der Waals surface area (Å²) < 4.78 is 38.4. The molecule has 0 radical (unpaired) electrons. The average Bonchev–Trinajstić information content (AvgIpc) is 3.01. The number of aromatic amines is 1. The van der Waals surface area contributed by atoms with Crippen molar-refractivity contribution in [2.45, 2.75) is 24.6 Å². The fourth-order valence-electron chi connectivity index (χ4n) is 2.15. The van der Waals surface area contributed by atoms with E-state index < -0.39 is 17.6 Å². The number of H-pyrrole nitrogens is 1. The second-order valence-electron chi connectivity index (χ2n) is 4.78. The Morgan fingerprint density at radius 2 is 1.95 bits per heavy atom. The van der Waals surface area contributed by atoms with Gasteiger partial charge in [0, 0.05) is 17.1 Å². The van der Waals surface area contributed by atoms with E-state index in [1.54, 1.807) is 24.3 Å². The van der Waals surface area contributed by atoms with Crippen LogP contribution < -0.4 is 5.32 Å². The SMILES string of the molecule is O=C(NC1(C(F)(F)F)CC1)c1c[nH]c2ccccc12. The van der Waals surface area contributed by atoms with Crippen molar-refractivity contribution in [1.29, 1.82) is 0 Å². The molecular weight excluding hydrogens is 257 g/mol. The Kier molecular flexibility index (Phi) is 2.39. The molecule has 0 atom stereocenters. The number of carbonyl (C=O) groups excluding carboxylic acids is 1. The number of halogens is 3. The van der Waals surface area contributed by atoms with E-state index in [4.69, 9.17) is 0 Å². The number of rotatable bonds is 2. The maximum Gasteiger partial charge on any atom is 0.411 e. The zero-order chi connectivity index (χ0) is 13.7. The van der Waals surface area contributed by atoms with E-state index in [0.29, 0.717) is 5.39 Å². The van der Waals surface area contributed by atoms with Crippen molar-refractivity contribution in [1.82, 2.24) is 10.3 Å². The summed E-state index contributed by atoms with van der Waals surface area (Å²) >= 11 is 0. The third kappa shape index (κ3) is 1.87. The molecule has 0 saturated heterocycles. The number of aromatic nitrogens is 1. The van der Waals surface area contributed by atoms with E-state index in [-0.39, 0.29) is 18.4 Å². The lowest BCUT2D eigenvalue weighted by Crippen LogP contribution is -2.47. The summed E-state index contributed by atoms with van der Waals surface area (Å²) in [5, 5.41) is 2.74. The molecule has 1 saturated carbocycles. The number of hydrogen-bond donors (Lipinski definition) is 2. The van der Waals surface area contributed by atoms with Crippen LogP contribution in [-0.4, -0.2) is 22.6 Å². The average molecular weight is 268 g/mol. The van der Waals surface area contributed by atoms with Crippen molar-refractivity contribution < 1.29 is 18.0 Å². The Labute approximate surface area is 106 Å². The molecule has 19 heavy (non-hydrogen) atoms. The highest BCUT2D eigenvalue weighted by atomic mass is 19.4. The molecule has 3 nitrogen and oxygen atoms in total. The predicted molar refractivity (Wildman–Crippen MR) is 63.8 cm³/mol. The molecule has 6 heteroatoms. The summed E-state index contributed by atoms with van der Waals surface area (Å²) in [7, 11) is 0. The van der Waals surface area contributed by atoms with Gasteiger partial charge in [0.1, 0.15) is 5.54 Å². The molecule has 2 aromatic rings. The highest BCUT2D eigenvalue weighted by Gasteiger charge is 2.64. The van der Waals surface area contributed by atoms with Gasteiger partial charge in [-0.15, -0.1) is 0 Å². The van der Waals surface area contributed by atoms with Gasteiger partial charge < -0.3 is 10.3 Å². The van der Waals surface area contributed by atoms with Crippen LogP contribution in [0.4, 0.5) is 13.2 Å². The summed E-state index contributed by atoms with van der Waals surface area (Å²) in [5.74, 6) is -0.688. The standard InChI is InChI=1S/C13H11F3N2O/c14-13(15,16)12(5-6-12)18-11(19)9-7-17-10-4-2-1-3-8(9)10/h1-4,7,17H,5-6H2,(H,18,19). The maximum absolute atomic E-state index is 12.8. The first-order valence-corrected chi connectivity index (χ1v) is 5.88. The van der Waals surface area contributed by atoms with Crippen molar-refractivity contribution >= 4 is 16.8 Å². The van der Waals surface area contributed by atoms with Gasteiger partial charge in [-0.25, -0.2) is 0 Å². The molecule has 1 amide bonds. The van der Waals surface area contributed by atoms with Gasteiger partial charge in [-0.3, -0.25) is 4.79 Å². The third-order valence-corrected chi connectivity index (χ3v) is 3.48. The topological polar surface area (TPSA) is 44.9 Å². The third-order valence-electron chi connectivity index (χ3n) is 3.48. The number of fused-ring (bicyclic) bond motifs is 1. The molecular formula is C13H11F3N2O. The lowest BCUT2D eigenvalue weighted by molar-refractivity contribution is -0.163. The minimum absolute atomic E-state index is 0.0510. The number of hydrogen-bond acceptors (Lipinski definition) is 1. The van der Waals surface area contributed by atoms with E-state index in [1.807, 2.05) is 0 Å². The quantitative estimate of drug-likeness (QED) is 0.864. The van der Waals surface area contributed by atoms with Gasteiger partial charge in [-0.05, 0) is 18.9 Å². The molecule has 1 aromatic carbocycles. The summed E-state index contributed by atoms with van der Waals surface area (Å²) in [6.07, 6.45) is -3.06. The minimum atomic E-state index is -4.39. The Balaban J connectivity index is 1.89. The molecule has 0 aliphatic heterocycles. The molecule has 1 heterocycles. The number of amides is 1. The first-order chi connectivity index (χ1) is 8.93. The normalized spacial score (nSPS) is 17.4. The van der Waals surface area contributed by atoms with Crippen molar-refractivity contribution in [2.24, 2.45) is 0 Å². The lowest BCUT2D eigenvalue weighted by atomic mass is 10.1. The Hall–Kier alpha value is -1.98. The number of carbonyl (C=O) groups is 1. The number of alkyl halides is 3. The van der Waals surface area contributed by atoms with Crippen molar-refractivity contribution in [3.05, 3.63) is 36.0 Å². The second kappa shape index (κ2) is 3.76. The smallest absolute Gasteiger partial charge is 0.360 e. The molecule has 0 unspecified atom stereocenters. The van der Waals surface area contributed by atoms with E-state index >= 15 is 0 Å². The molecule has 1 aromatic heterocycles. The number of nitrogens with one attached hydrogen (secondary N) is 2. The predicted octanol–water partition coefficient (Wildman–Crippen LogP) is 2.99. The zero-order valence-corrected chi connectivity index (χ0v) is 9.84. The van der Waals surface area contributed by atoms with Gasteiger partial charge in [0.2, 0.25) is 0 Å². The van der Waals surface area contributed by atoms with Gasteiger partial charge in [0.15, 0.2) is 0 Å². The van der Waals surface area contributed by atoms with Crippen molar-refractivity contribution in [2.75, 3.05) is 0 Å². The van der Waals surface area contributed by atoms with E-state index in [1.165, 1.54) is 6.20 Å². The molecule has 1 fully saturated rings. The molecule has 0 spiro atoms. The van der Waals surface area contributed by atoms with Gasteiger partial charge in [-0.2, -0.15) is 13.2 Å². The highest BCUT2D eigenvalue weighted by Crippen LogP contribution is 2.49. The number of benzene rings is 1. The van der Waals surface area contributed by atoms with Crippen LogP contribution in [0.25, 0.3) is 10.9 Å². The van der Waals surface area contributed by atoms with Crippen LogP contribution in [0.5, 0.6) is 0 Å². The van der Waals surface area contributed by atoms with Gasteiger partial charge in [0.25, 0.3) is 5.91 Å². The fraction of sp³-hybridized carbons (Fsp3) is 0.308. The van der Waals surface area contributed by atoms with E-state index in [2.05, 4.69) is 10.3 Å². The van der Waals surface area contributed by atoms with Crippen LogP contribution >= 0.6 is 0 Å². The summed E-state index contributed by atoms with van der Waals surface area (Å²) in [4.78, 5) is 14.9. The first kappa shape index (κ1) is 12.1. The molecule has 1 aliphatic rings. The van der Waals surface area contributed by atoms with Gasteiger partial charge >= 0.3 is 6.18 Å². The highest BCUT2D eigenvalue weighted by molar-refractivity contribution is 6.07. The van der Waals surface area contributed by atoms with E-state index in [0.717, 1.165) is 5.52 Å². The van der Waals surface area contributed by atoms with Crippen LogP contribution in [0.1, 0.15) is 23.2 Å². The van der Waals surface area contributed by atoms with Crippen LogP contribution in [0, 0.1) is 0 Å². The van der Waals surface area contributed by atoms with Crippen LogP contribution in [-0.2, 0) is 0 Å². The van der Waals surface area contributed by atoms with Gasteiger partial charge in [0.05, 0.1) is 5.56 Å². The Morgan fingerprint density at radius 1 is 1.26 bits per heavy atom. The van der Waals surface area contributed by atoms with Gasteiger partial charge in [-0.1, -0.05) is 18.2 Å². The van der Waals surface area contributed by atoms with E-state index in [9.17, 15) is 18.0 Å². The zero-order valence-electron chi connectivity index (χ0n) is 9.84. The molecule has 1 aliphatic carbocycles. The monoisotopic (exact) mass is 268 g/mol. The fourth-order valence-corrected chi connectivity index (χ4v) is 2.15. The molecule has 2 N–H and O–H groups in total. The molecule has 100 valence electrons.